The number of hydrogen-bond acceptors (Lipinski definition) is 3. The minimum absolute atomic E-state index is 0.301. The van der Waals surface area contributed by atoms with Crippen molar-refractivity contribution in [3.05, 3.63) is 59.7 Å². The number of hydrogen-bond donors (Lipinski definition) is 1. The molecule has 4 rings (SSSR count). The maximum absolute atomic E-state index is 12.4. The molecule has 0 saturated carbocycles. The lowest BCUT2D eigenvalue weighted by Crippen LogP contribution is -2.37. The number of carbonyl (C=O) groups excluding carboxylic acids is 1. The molecule has 2 heterocycles. The highest BCUT2D eigenvalue weighted by Crippen LogP contribution is 2.37. The number of nitriles is 1. The summed E-state index contributed by atoms with van der Waals surface area (Å²) in [5, 5.41) is 12.3. The molecule has 1 aliphatic rings. The predicted octanol–water partition coefficient (Wildman–Crippen LogP) is 3.28. The molecule has 0 saturated heterocycles. The van der Waals surface area contributed by atoms with E-state index in [2.05, 4.69) is 35.4 Å². The first-order valence-electron chi connectivity index (χ1n) is 7.99. The summed E-state index contributed by atoms with van der Waals surface area (Å²) in [5.41, 5.74) is 3.89. The predicted molar refractivity (Wildman–Crippen MR) is 91.4 cm³/mol. The maximum atomic E-state index is 12.4. The molecule has 118 valence electrons. The minimum Gasteiger partial charge on any atom is -0.300 e. The lowest BCUT2D eigenvalue weighted by molar-refractivity contribution is -0.119. The molecule has 1 aromatic heterocycles. The molecule has 0 bridgehead atoms. The van der Waals surface area contributed by atoms with Crippen molar-refractivity contribution >= 4 is 22.9 Å². The second-order valence-electron chi connectivity index (χ2n) is 5.93. The number of imidazole rings is 1. The number of amides is 1. The summed E-state index contributed by atoms with van der Waals surface area (Å²) >= 11 is 0. The topological polar surface area (TPSA) is 70.7 Å². The van der Waals surface area contributed by atoms with Crippen molar-refractivity contribution in [2.24, 2.45) is 5.92 Å². The molecule has 24 heavy (non-hydrogen) atoms. The van der Waals surface area contributed by atoms with Gasteiger partial charge in [0.05, 0.1) is 23.1 Å². The van der Waals surface area contributed by atoms with Crippen molar-refractivity contribution < 1.29 is 4.79 Å². The van der Waals surface area contributed by atoms with Crippen molar-refractivity contribution in [1.82, 2.24) is 9.55 Å². The highest BCUT2D eigenvalue weighted by Gasteiger charge is 2.38. The third-order valence-corrected chi connectivity index (χ3v) is 4.58. The molecule has 2 aromatic carbocycles. The quantitative estimate of drug-likeness (QED) is 0.788. The molecule has 1 amide bonds. The molecule has 2 atom stereocenters. The van der Waals surface area contributed by atoms with Crippen molar-refractivity contribution in [2.45, 2.75) is 19.4 Å². The van der Waals surface area contributed by atoms with Gasteiger partial charge >= 0.3 is 0 Å². The van der Waals surface area contributed by atoms with Crippen LogP contribution in [-0.2, 0) is 11.2 Å². The number of rotatable bonds is 2. The van der Waals surface area contributed by atoms with Gasteiger partial charge in [0, 0.05) is 0 Å². The van der Waals surface area contributed by atoms with Gasteiger partial charge in [-0.1, -0.05) is 43.3 Å². The van der Waals surface area contributed by atoms with Crippen LogP contribution in [0.4, 0.5) is 5.95 Å². The molecule has 5 nitrogen and oxygen atoms in total. The van der Waals surface area contributed by atoms with E-state index in [9.17, 15) is 10.1 Å². The first-order chi connectivity index (χ1) is 11.7. The van der Waals surface area contributed by atoms with Crippen molar-refractivity contribution in [2.75, 3.05) is 5.32 Å². The standard InChI is InChI=1S/C19H16N4O/c1-2-12-7-9-13(10-8-12)17-14(11-20)18(24)22-19-21-15-5-3-4-6-16(15)23(17)19/h3-10,14,17H,2H2,1H3,(H,21,22,24). The molecular formula is C19H16N4O. The van der Waals surface area contributed by atoms with Gasteiger partial charge in [-0.3, -0.25) is 10.1 Å². The molecule has 5 heteroatoms. The molecule has 2 unspecified atom stereocenters. The number of benzene rings is 2. The van der Waals surface area contributed by atoms with Crippen LogP contribution >= 0.6 is 0 Å². The SMILES string of the molecule is CCc1ccc(C2C(C#N)C(=O)Nc3nc4ccccc4n32)cc1. The zero-order valence-electron chi connectivity index (χ0n) is 13.2. The average molecular weight is 316 g/mol. The van der Waals surface area contributed by atoms with E-state index in [1.807, 2.05) is 41.0 Å². The van der Waals surface area contributed by atoms with Gasteiger partial charge in [-0.2, -0.15) is 5.26 Å². The zero-order valence-corrected chi connectivity index (χ0v) is 13.2. The van der Waals surface area contributed by atoms with Crippen LogP contribution in [0.1, 0.15) is 24.1 Å². The van der Waals surface area contributed by atoms with Gasteiger partial charge in [-0.05, 0) is 29.7 Å². The Balaban J connectivity index is 1.95. The van der Waals surface area contributed by atoms with Crippen LogP contribution in [0.25, 0.3) is 11.0 Å². The fourth-order valence-electron chi connectivity index (χ4n) is 3.32. The number of nitrogens with one attached hydrogen (secondary N) is 1. The summed E-state index contributed by atoms with van der Waals surface area (Å²) in [6.45, 7) is 2.10. The first kappa shape index (κ1) is 14.5. The van der Waals surface area contributed by atoms with Crippen molar-refractivity contribution in [3.63, 3.8) is 0 Å². The second-order valence-corrected chi connectivity index (χ2v) is 5.93. The molecule has 0 radical (unpaired) electrons. The van der Waals surface area contributed by atoms with Gasteiger partial charge in [0.2, 0.25) is 11.9 Å². The van der Waals surface area contributed by atoms with E-state index in [1.54, 1.807) is 0 Å². The fourth-order valence-corrected chi connectivity index (χ4v) is 3.32. The van der Waals surface area contributed by atoms with E-state index >= 15 is 0 Å². The van der Waals surface area contributed by atoms with Gasteiger partial charge in [-0.15, -0.1) is 0 Å². The summed E-state index contributed by atoms with van der Waals surface area (Å²) in [6.07, 6.45) is 0.951. The summed E-state index contributed by atoms with van der Waals surface area (Å²) in [6, 6.07) is 17.6. The van der Waals surface area contributed by atoms with E-state index in [-0.39, 0.29) is 11.9 Å². The Bertz CT molecular complexity index is 965. The molecule has 3 aromatic rings. The molecule has 0 aliphatic carbocycles. The number of carbonyl (C=O) groups is 1. The van der Waals surface area contributed by atoms with E-state index < -0.39 is 5.92 Å². The van der Waals surface area contributed by atoms with Crippen molar-refractivity contribution in [3.8, 4) is 6.07 Å². The monoisotopic (exact) mass is 316 g/mol. The summed E-state index contributed by atoms with van der Waals surface area (Å²) in [5.74, 6) is -0.593. The molecule has 0 fully saturated rings. The van der Waals surface area contributed by atoms with E-state index in [1.165, 1.54) is 5.56 Å². The highest BCUT2D eigenvalue weighted by atomic mass is 16.2. The van der Waals surface area contributed by atoms with E-state index in [0.29, 0.717) is 5.95 Å². The number of para-hydroxylation sites is 2. The average Bonchev–Trinajstić information content (AvgIpc) is 2.98. The van der Waals surface area contributed by atoms with Gasteiger partial charge in [-0.25, -0.2) is 4.98 Å². The number of aryl methyl sites for hydroxylation is 1. The number of nitrogens with zero attached hydrogens (tertiary/aromatic N) is 3. The van der Waals surface area contributed by atoms with Crippen molar-refractivity contribution in [1.29, 1.82) is 5.26 Å². The highest BCUT2D eigenvalue weighted by molar-refractivity contribution is 5.97. The first-order valence-corrected chi connectivity index (χ1v) is 7.99. The molecule has 1 N–H and O–H groups in total. The lowest BCUT2D eigenvalue weighted by Gasteiger charge is -2.30. The van der Waals surface area contributed by atoms with Gasteiger partial charge in [0.25, 0.3) is 0 Å². The fraction of sp³-hybridized carbons (Fsp3) is 0.211. The number of anilines is 1. The maximum Gasteiger partial charge on any atom is 0.246 e. The van der Waals surface area contributed by atoms with Gasteiger partial charge < -0.3 is 4.57 Å². The molecule has 0 spiro atoms. The number of aromatic nitrogens is 2. The Morgan fingerprint density at radius 3 is 2.67 bits per heavy atom. The Labute approximate surface area is 139 Å². The number of fused-ring (bicyclic) bond motifs is 3. The Morgan fingerprint density at radius 1 is 1.21 bits per heavy atom. The normalized spacial score (nSPS) is 19.6. The van der Waals surface area contributed by atoms with Gasteiger partial charge in [0.15, 0.2) is 5.92 Å². The molecular weight excluding hydrogens is 300 g/mol. The van der Waals surface area contributed by atoms with E-state index in [4.69, 9.17) is 0 Å². The smallest absolute Gasteiger partial charge is 0.246 e. The third-order valence-electron chi connectivity index (χ3n) is 4.58. The van der Waals surface area contributed by atoms with Gasteiger partial charge in [0.1, 0.15) is 0 Å². The third kappa shape index (κ3) is 2.08. The summed E-state index contributed by atoms with van der Waals surface area (Å²) in [7, 11) is 0. The van der Waals surface area contributed by atoms with Crippen LogP contribution in [0.5, 0.6) is 0 Å². The Kier molecular flexibility index (Phi) is 3.31. The second kappa shape index (κ2) is 5.50. The van der Waals surface area contributed by atoms with Crippen LogP contribution in [0.2, 0.25) is 0 Å². The Hall–Kier alpha value is -3.13. The van der Waals surface area contributed by atoms with Crippen LogP contribution in [0, 0.1) is 17.2 Å². The summed E-state index contributed by atoms with van der Waals surface area (Å²) in [4.78, 5) is 16.9. The van der Waals surface area contributed by atoms with Crippen LogP contribution in [-0.4, -0.2) is 15.5 Å². The van der Waals surface area contributed by atoms with E-state index in [0.717, 1.165) is 23.0 Å². The van der Waals surface area contributed by atoms with Crippen LogP contribution < -0.4 is 5.32 Å². The lowest BCUT2D eigenvalue weighted by atomic mass is 9.90. The molecule has 1 aliphatic heterocycles. The zero-order chi connectivity index (χ0) is 16.7. The van der Waals surface area contributed by atoms with Crippen LogP contribution in [0.3, 0.4) is 0 Å². The largest absolute Gasteiger partial charge is 0.300 e. The minimum atomic E-state index is -0.789. The Morgan fingerprint density at radius 2 is 1.96 bits per heavy atom. The van der Waals surface area contributed by atoms with Crippen LogP contribution in [0.15, 0.2) is 48.5 Å². The summed E-state index contributed by atoms with van der Waals surface area (Å²) < 4.78 is 1.96.